The van der Waals surface area contributed by atoms with Crippen molar-refractivity contribution in [3.63, 3.8) is 0 Å². The molecule has 0 amide bonds. The zero-order chi connectivity index (χ0) is 13.8. The summed E-state index contributed by atoms with van der Waals surface area (Å²) in [6.45, 7) is 8.04. The number of carboxylic acid groups (broad SMARTS) is 1. The molecule has 0 spiro atoms. The number of carboxylic acids is 1. The van der Waals surface area contributed by atoms with Gasteiger partial charge in [-0.25, -0.2) is 4.79 Å². The molecule has 0 saturated carbocycles. The van der Waals surface area contributed by atoms with Crippen molar-refractivity contribution in [1.29, 1.82) is 0 Å². The van der Waals surface area contributed by atoms with Crippen molar-refractivity contribution in [3.05, 3.63) is 23.2 Å². The number of aryl methyl sites for hydroxylation is 1. The summed E-state index contributed by atoms with van der Waals surface area (Å²) in [7, 11) is 0. The van der Waals surface area contributed by atoms with E-state index in [-0.39, 0.29) is 5.76 Å². The van der Waals surface area contributed by atoms with E-state index in [0.717, 1.165) is 12.1 Å². The van der Waals surface area contributed by atoms with Crippen molar-refractivity contribution in [2.75, 3.05) is 19.6 Å². The van der Waals surface area contributed by atoms with Gasteiger partial charge in [-0.1, -0.05) is 0 Å². The van der Waals surface area contributed by atoms with Gasteiger partial charge in [-0.3, -0.25) is 0 Å². The van der Waals surface area contributed by atoms with Crippen LogP contribution in [0, 0.1) is 6.92 Å². The number of nitrogens with one attached hydrogen (secondary N) is 1. The predicted molar refractivity (Wildman–Crippen MR) is 72.4 cm³/mol. The summed E-state index contributed by atoms with van der Waals surface area (Å²) in [4.78, 5) is 13.3. The number of nitrogens with zero attached hydrogens (tertiary/aromatic N) is 1. The summed E-state index contributed by atoms with van der Waals surface area (Å²) in [5, 5.41) is 12.3. The lowest BCUT2D eigenvalue weighted by atomic mass is 10.2. The maximum Gasteiger partial charge on any atom is 0.371 e. The minimum Gasteiger partial charge on any atom is -0.475 e. The molecule has 0 bridgehead atoms. The van der Waals surface area contributed by atoms with Gasteiger partial charge in [-0.15, -0.1) is 0 Å². The smallest absolute Gasteiger partial charge is 0.371 e. The Bertz CT molecular complexity index is 436. The molecule has 0 radical (unpaired) electrons. The molecule has 1 saturated heterocycles. The van der Waals surface area contributed by atoms with Gasteiger partial charge in [-0.05, 0) is 45.8 Å². The Morgan fingerprint density at radius 1 is 1.53 bits per heavy atom. The highest BCUT2D eigenvalue weighted by molar-refractivity contribution is 5.84. The number of carbonyl (C=O) groups is 1. The molecule has 0 aliphatic carbocycles. The number of likely N-dealkylation sites (tertiary alicyclic amines) is 1. The molecular formula is C14H22N2O3. The molecule has 1 aromatic rings. The van der Waals surface area contributed by atoms with E-state index in [4.69, 9.17) is 9.52 Å². The molecule has 1 aliphatic heterocycles. The van der Waals surface area contributed by atoms with Gasteiger partial charge in [0.05, 0.1) is 0 Å². The predicted octanol–water partition coefficient (Wildman–Crippen LogP) is 1.86. The van der Waals surface area contributed by atoms with Crippen molar-refractivity contribution in [2.45, 2.75) is 39.3 Å². The number of rotatable bonds is 6. The quantitative estimate of drug-likeness (QED) is 0.822. The second-order valence-electron chi connectivity index (χ2n) is 5.29. The van der Waals surface area contributed by atoms with Crippen LogP contribution in [0.4, 0.5) is 0 Å². The summed E-state index contributed by atoms with van der Waals surface area (Å²) in [6, 6.07) is 1.99. The molecule has 1 fully saturated rings. The minimum absolute atomic E-state index is 0.0153. The van der Waals surface area contributed by atoms with Crippen molar-refractivity contribution < 1.29 is 14.3 Å². The third-order valence-electron chi connectivity index (χ3n) is 3.60. The van der Waals surface area contributed by atoms with Crippen molar-refractivity contribution >= 4 is 5.97 Å². The Morgan fingerprint density at radius 3 is 2.79 bits per heavy atom. The van der Waals surface area contributed by atoms with Gasteiger partial charge in [0.2, 0.25) is 5.76 Å². The van der Waals surface area contributed by atoms with E-state index in [1.165, 1.54) is 25.9 Å². The second-order valence-corrected chi connectivity index (χ2v) is 5.29. The second kappa shape index (κ2) is 6.21. The van der Waals surface area contributed by atoms with Crippen LogP contribution < -0.4 is 5.32 Å². The molecule has 0 aromatic carbocycles. The monoisotopic (exact) mass is 266 g/mol. The lowest BCUT2D eigenvalue weighted by molar-refractivity contribution is 0.0661. The first-order valence-electron chi connectivity index (χ1n) is 6.84. The Labute approximate surface area is 113 Å². The topological polar surface area (TPSA) is 65.7 Å². The average Bonchev–Trinajstić information content (AvgIpc) is 2.96. The fraction of sp³-hybridized carbons (Fsp3) is 0.643. The van der Waals surface area contributed by atoms with Crippen molar-refractivity contribution in [1.82, 2.24) is 10.2 Å². The van der Waals surface area contributed by atoms with Crippen molar-refractivity contribution in [2.24, 2.45) is 0 Å². The molecule has 1 aliphatic rings. The summed E-state index contributed by atoms with van der Waals surface area (Å²) >= 11 is 0. The standard InChI is InChI=1S/C14H22N2O3/c1-10(9-16-5-3-4-6-16)15-8-12-7-13(14(17)18)19-11(12)2/h7,10,15H,3-6,8-9H2,1-2H3,(H,17,18). The van der Waals surface area contributed by atoms with E-state index in [9.17, 15) is 4.79 Å². The van der Waals surface area contributed by atoms with E-state index >= 15 is 0 Å². The minimum atomic E-state index is -1.01. The molecular weight excluding hydrogens is 244 g/mol. The molecule has 2 heterocycles. The van der Waals surface area contributed by atoms with Gasteiger partial charge in [0.1, 0.15) is 5.76 Å². The van der Waals surface area contributed by atoms with Crippen LogP contribution in [0.3, 0.4) is 0 Å². The maximum absolute atomic E-state index is 10.8. The number of furan rings is 1. The highest BCUT2D eigenvalue weighted by Gasteiger charge is 2.16. The summed E-state index contributed by atoms with van der Waals surface area (Å²) in [5.74, 6) is -0.320. The first-order chi connectivity index (χ1) is 9.06. The fourth-order valence-electron chi connectivity index (χ4n) is 2.50. The third-order valence-corrected chi connectivity index (χ3v) is 3.60. The zero-order valence-electron chi connectivity index (χ0n) is 11.6. The van der Waals surface area contributed by atoms with E-state index < -0.39 is 5.97 Å². The Kier molecular flexibility index (Phi) is 4.61. The SMILES string of the molecule is Cc1oc(C(=O)O)cc1CNC(C)CN1CCCC1. The summed E-state index contributed by atoms with van der Waals surface area (Å²) < 4.78 is 5.19. The van der Waals surface area contributed by atoms with Crippen molar-refractivity contribution in [3.8, 4) is 0 Å². The lowest BCUT2D eigenvalue weighted by Gasteiger charge is -2.21. The third kappa shape index (κ3) is 3.81. The van der Waals surface area contributed by atoms with Crippen LogP contribution in [-0.4, -0.2) is 41.7 Å². The lowest BCUT2D eigenvalue weighted by Crippen LogP contribution is -2.37. The first-order valence-corrected chi connectivity index (χ1v) is 6.84. The Morgan fingerprint density at radius 2 is 2.21 bits per heavy atom. The molecule has 1 aromatic heterocycles. The van der Waals surface area contributed by atoms with Crippen LogP contribution in [0.25, 0.3) is 0 Å². The van der Waals surface area contributed by atoms with Crippen LogP contribution in [0.5, 0.6) is 0 Å². The van der Waals surface area contributed by atoms with Crippen LogP contribution in [-0.2, 0) is 6.54 Å². The molecule has 106 valence electrons. The highest BCUT2D eigenvalue weighted by Crippen LogP contribution is 2.15. The molecule has 5 heteroatoms. The van der Waals surface area contributed by atoms with E-state index in [1.807, 2.05) is 0 Å². The van der Waals surface area contributed by atoms with Crippen LogP contribution in [0.1, 0.15) is 41.6 Å². The van der Waals surface area contributed by atoms with Gasteiger partial charge in [0, 0.05) is 24.7 Å². The molecule has 5 nitrogen and oxygen atoms in total. The number of hydrogen-bond acceptors (Lipinski definition) is 4. The van der Waals surface area contributed by atoms with Gasteiger partial charge in [0.25, 0.3) is 0 Å². The molecule has 2 rings (SSSR count). The fourth-order valence-corrected chi connectivity index (χ4v) is 2.50. The van der Waals surface area contributed by atoms with Gasteiger partial charge in [-0.2, -0.15) is 0 Å². The normalized spacial score (nSPS) is 17.8. The molecule has 1 atom stereocenters. The summed E-state index contributed by atoms with van der Waals surface area (Å²) in [6.07, 6.45) is 2.60. The van der Waals surface area contributed by atoms with E-state index in [0.29, 0.717) is 18.3 Å². The maximum atomic E-state index is 10.8. The average molecular weight is 266 g/mol. The van der Waals surface area contributed by atoms with Crippen LogP contribution >= 0.6 is 0 Å². The number of hydrogen-bond donors (Lipinski definition) is 2. The first kappa shape index (κ1) is 14.1. The van der Waals surface area contributed by atoms with E-state index in [2.05, 4.69) is 17.1 Å². The summed E-state index contributed by atoms with van der Waals surface area (Å²) in [5.41, 5.74) is 0.922. The number of aromatic carboxylic acids is 1. The Balaban J connectivity index is 1.82. The largest absolute Gasteiger partial charge is 0.475 e. The Hall–Kier alpha value is -1.33. The highest BCUT2D eigenvalue weighted by atomic mass is 16.4. The molecule has 19 heavy (non-hydrogen) atoms. The zero-order valence-corrected chi connectivity index (χ0v) is 11.6. The molecule has 1 unspecified atom stereocenters. The van der Waals surface area contributed by atoms with Crippen LogP contribution in [0.15, 0.2) is 10.5 Å². The van der Waals surface area contributed by atoms with E-state index in [1.54, 1.807) is 13.0 Å². The van der Waals surface area contributed by atoms with Gasteiger partial charge >= 0.3 is 5.97 Å². The van der Waals surface area contributed by atoms with Crippen LogP contribution in [0.2, 0.25) is 0 Å². The molecule has 2 N–H and O–H groups in total. The van der Waals surface area contributed by atoms with Gasteiger partial charge in [0.15, 0.2) is 0 Å². The van der Waals surface area contributed by atoms with Gasteiger partial charge < -0.3 is 19.7 Å².